The number of halogens is 2. The smallest absolute Gasteiger partial charge is 0.162 e. The van der Waals surface area contributed by atoms with Gasteiger partial charge in [-0.05, 0) is 116 Å². The van der Waals surface area contributed by atoms with Crippen molar-refractivity contribution in [1.29, 1.82) is 0 Å². The van der Waals surface area contributed by atoms with E-state index in [1.165, 1.54) is 72.2 Å². The second kappa shape index (κ2) is 16.2. The molecule has 0 unspecified atom stereocenters. The third-order valence-electron chi connectivity index (χ3n) is 9.45. The van der Waals surface area contributed by atoms with Crippen LogP contribution in [-0.2, 0) is 31.5 Å². The molecular formula is C38H52Cl2N2O. The van der Waals surface area contributed by atoms with Gasteiger partial charge in [-0.1, -0.05) is 81.4 Å². The topological polar surface area (TPSA) is 23.6 Å². The van der Waals surface area contributed by atoms with Gasteiger partial charge in [0.05, 0.1) is 0 Å². The molecule has 0 N–H and O–H groups in total. The first-order valence-corrected chi connectivity index (χ1v) is 16.0. The molecule has 5 rings (SSSR count). The fourth-order valence-corrected chi connectivity index (χ4v) is 6.66. The molecule has 0 bridgehead atoms. The molecule has 2 aliphatic rings. The van der Waals surface area contributed by atoms with E-state index in [0.717, 1.165) is 50.5 Å². The van der Waals surface area contributed by atoms with Crippen molar-refractivity contribution in [3.63, 3.8) is 0 Å². The van der Waals surface area contributed by atoms with E-state index in [4.69, 9.17) is 0 Å². The van der Waals surface area contributed by atoms with Crippen molar-refractivity contribution in [3.05, 3.63) is 106 Å². The summed E-state index contributed by atoms with van der Waals surface area (Å²) in [6, 6.07) is 24.4. The van der Waals surface area contributed by atoms with Crippen molar-refractivity contribution >= 4 is 30.6 Å². The van der Waals surface area contributed by atoms with Gasteiger partial charge in [0.15, 0.2) is 5.78 Å². The summed E-state index contributed by atoms with van der Waals surface area (Å²) < 4.78 is 0. The Hall–Kier alpha value is -2.17. The van der Waals surface area contributed by atoms with Crippen molar-refractivity contribution in [2.75, 3.05) is 19.6 Å². The Balaban J connectivity index is 0.00000253. The van der Waals surface area contributed by atoms with E-state index in [1.807, 2.05) is 0 Å². The van der Waals surface area contributed by atoms with Gasteiger partial charge in [0.25, 0.3) is 0 Å². The highest BCUT2D eigenvalue weighted by Gasteiger charge is 2.21. The summed E-state index contributed by atoms with van der Waals surface area (Å²) in [4.78, 5) is 18.3. The minimum Gasteiger partial charge on any atom is -0.299 e. The van der Waals surface area contributed by atoms with Crippen LogP contribution in [0.5, 0.6) is 0 Å². The molecule has 0 radical (unpaired) electrons. The zero-order valence-corrected chi connectivity index (χ0v) is 28.4. The number of carbonyl (C=O) groups is 1. The fraction of sp³-hybridized carbons (Fsp3) is 0.500. The Morgan fingerprint density at radius 1 is 0.837 bits per heavy atom. The Labute approximate surface area is 273 Å². The molecule has 3 aromatic carbocycles. The van der Waals surface area contributed by atoms with Crippen LogP contribution in [0.4, 0.5) is 0 Å². The molecule has 43 heavy (non-hydrogen) atoms. The van der Waals surface area contributed by atoms with Crippen LogP contribution in [0.1, 0.15) is 103 Å². The number of Topliss-reactive ketones (excluding diaryl/α,β-unsaturated/α-hetero) is 1. The van der Waals surface area contributed by atoms with Crippen LogP contribution in [0.2, 0.25) is 0 Å². The molecule has 0 aliphatic carbocycles. The number of benzene rings is 3. The fourth-order valence-electron chi connectivity index (χ4n) is 6.66. The van der Waals surface area contributed by atoms with Gasteiger partial charge >= 0.3 is 0 Å². The van der Waals surface area contributed by atoms with Crippen molar-refractivity contribution < 1.29 is 4.79 Å². The highest BCUT2D eigenvalue weighted by Crippen LogP contribution is 2.27. The van der Waals surface area contributed by atoms with Gasteiger partial charge < -0.3 is 0 Å². The lowest BCUT2D eigenvalue weighted by molar-refractivity contribution is 0.0973. The van der Waals surface area contributed by atoms with E-state index in [9.17, 15) is 4.79 Å². The van der Waals surface area contributed by atoms with Gasteiger partial charge in [-0.25, -0.2) is 0 Å². The van der Waals surface area contributed by atoms with Gasteiger partial charge in [0, 0.05) is 31.6 Å². The number of likely N-dealkylation sites (tertiary alicyclic amines) is 1. The first-order valence-electron chi connectivity index (χ1n) is 16.0. The van der Waals surface area contributed by atoms with Crippen LogP contribution in [-0.4, -0.2) is 35.2 Å². The number of rotatable bonds is 9. The quantitative estimate of drug-likeness (QED) is 0.222. The van der Waals surface area contributed by atoms with Gasteiger partial charge in [-0.2, -0.15) is 0 Å². The number of carbonyl (C=O) groups excluding carboxylic acids is 1. The first kappa shape index (κ1) is 35.3. The van der Waals surface area contributed by atoms with Gasteiger partial charge in [-0.3, -0.25) is 14.6 Å². The molecule has 3 aromatic rings. The standard InChI is InChI=1S/C38H50N2O.2ClH/c1-29-9-5-6-11-34(29)27-40-22-8-12-32-16-17-33(25-35(32)28-40)37(41)13-7-10-30-20-23-39(24-21-30)26-31-14-18-36(19-15-31)38(2,3)4;;/h5-6,9,11,14-19,25,30H,7-8,10,12-13,20-24,26-28H2,1-4H3;2*1H. The maximum absolute atomic E-state index is 13.2. The summed E-state index contributed by atoms with van der Waals surface area (Å²) in [5, 5.41) is 0. The normalized spacial score (nSPS) is 16.5. The Morgan fingerprint density at radius 3 is 2.26 bits per heavy atom. The van der Waals surface area contributed by atoms with Crippen LogP contribution >= 0.6 is 24.8 Å². The largest absolute Gasteiger partial charge is 0.299 e. The third-order valence-corrected chi connectivity index (χ3v) is 9.45. The van der Waals surface area contributed by atoms with Crippen LogP contribution < -0.4 is 0 Å². The van der Waals surface area contributed by atoms with Crippen molar-refractivity contribution in [2.24, 2.45) is 5.92 Å². The summed E-state index contributed by atoms with van der Waals surface area (Å²) in [5.41, 5.74) is 9.48. The highest BCUT2D eigenvalue weighted by atomic mass is 35.5. The molecule has 0 saturated carbocycles. The van der Waals surface area contributed by atoms with Crippen molar-refractivity contribution in [1.82, 2.24) is 9.80 Å². The molecule has 0 spiro atoms. The van der Waals surface area contributed by atoms with Crippen molar-refractivity contribution in [2.45, 2.75) is 97.7 Å². The minimum absolute atomic E-state index is 0. The molecule has 2 heterocycles. The van der Waals surface area contributed by atoms with E-state index >= 15 is 0 Å². The number of hydrogen-bond donors (Lipinski definition) is 0. The summed E-state index contributed by atoms with van der Waals surface area (Å²) in [5.74, 6) is 1.07. The highest BCUT2D eigenvalue weighted by molar-refractivity contribution is 5.96. The Kier molecular flexibility index (Phi) is 13.3. The monoisotopic (exact) mass is 622 g/mol. The molecule has 0 aromatic heterocycles. The van der Waals surface area contributed by atoms with E-state index in [1.54, 1.807) is 0 Å². The number of piperidine rings is 1. The number of aryl methyl sites for hydroxylation is 2. The summed E-state index contributed by atoms with van der Waals surface area (Å²) in [7, 11) is 0. The van der Waals surface area contributed by atoms with Gasteiger partial charge in [0.2, 0.25) is 0 Å². The average Bonchev–Trinajstić information content (AvgIpc) is 3.16. The lowest BCUT2D eigenvalue weighted by Gasteiger charge is -2.32. The minimum atomic E-state index is 0. The number of hydrogen-bond acceptors (Lipinski definition) is 3. The summed E-state index contributed by atoms with van der Waals surface area (Å²) in [6.07, 6.45) is 7.65. The number of nitrogens with zero attached hydrogens (tertiary/aromatic N) is 2. The van der Waals surface area contributed by atoms with E-state index in [0.29, 0.717) is 12.2 Å². The van der Waals surface area contributed by atoms with Crippen LogP contribution in [0.25, 0.3) is 0 Å². The SMILES string of the molecule is Cc1ccccc1CN1CCCc2ccc(C(=O)CCCC3CCN(Cc4ccc(C(C)(C)C)cc4)CC3)cc2C1.Cl.Cl. The number of fused-ring (bicyclic) bond motifs is 1. The predicted molar refractivity (Wildman–Crippen MR) is 186 cm³/mol. The van der Waals surface area contributed by atoms with Crippen LogP contribution in [0.15, 0.2) is 66.7 Å². The first-order chi connectivity index (χ1) is 19.7. The molecule has 5 heteroatoms. The zero-order chi connectivity index (χ0) is 28.8. The lowest BCUT2D eigenvalue weighted by atomic mass is 9.86. The molecular weight excluding hydrogens is 571 g/mol. The van der Waals surface area contributed by atoms with Crippen LogP contribution in [0.3, 0.4) is 0 Å². The number of ketones is 1. The maximum Gasteiger partial charge on any atom is 0.162 e. The van der Waals surface area contributed by atoms with Gasteiger partial charge in [-0.15, -0.1) is 24.8 Å². The molecule has 0 amide bonds. The lowest BCUT2D eigenvalue weighted by Crippen LogP contribution is -2.33. The Morgan fingerprint density at radius 2 is 1.56 bits per heavy atom. The second-order valence-corrected chi connectivity index (χ2v) is 13.7. The predicted octanol–water partition coefficient (Wildman–Crippen LogP) is 9.35. The zero-order valence-electron chi connectivity index (χ0n) is 26.7. The van der Waals surface area contributed by atoms with Crippen LogP contribution in [0, 0.1) is 12.8 Å². The van der Waals surface area contributed by atoms with E-state index < -0.39 is 0 Å². The average molecular weight is 624 g/mol. The molecule has 0 atom stereocenters. The van der Waals surface area contributed by atoms with E-state index in [2.05, 4.69) is 104 Å². The van der Waals surface area contributed by atoms with Gasteiger partial charge in [0.1, 0.15) is 0 Å². The summed E-state index contributed by atoms with van der Waals surface area (Å²) >= 11 is 0. The molecule has 3 nitrogen and oxygen atoms in total. The third kappa shape index (κ3) is 9.91. The molecule has 1 saturated heterocycles. The maximum atomic E-state index is 13.2. The second-order valence-electron chi connectivity index (χ2n) is 13.7. The van der Waals surface area contributed by atoms with E-state index in [-0.39, 0.29) is 30.2 Å². The summed E-state index contributed by atoms with van der Waals surface area (Å²) in [6.45, 7) is 15.4. The molecule has 2 aliphatic heterocycles. The molecule has 234 valence electrons. The Bertz CT molecular complexity index is 1310. The van der Waals surface area contributed by atoms with Crippen molar-refractivity contribution in [3.8, 4) is 0 Å². The molecule has 1 fully saturated rings.